The number of hydrogen-bond acceptors (Lipinski definition) is 5. The van der Waals surface area contributed by atoms with E-state index in [2.05, 4.69) is 23.1 Å². The van der Waals surface area contributed by atoms with Gasteiger partial charge in [0.25, 0.3) is 5.56 Å². The molecule has 2 aliphatic heterocycles. The van der Waals surface area contributed by atoms with Crippen LogP contribution in [0.5, 0.6) is 0 Å². The lowest BCUT2D eigenvalue weighted by atomic mass is 9.83. The molecule has 0 saturated carbocycles. The molecule has 2 aromatic heterocycles. The third-order valence-electron chi connectivity index (χ3n) is 6.23. The molecule has 2 atom stereocenters. The van der Waals surface area contributed by atoms with Crippen molar-refractivity contribution in [2.45, 2.75) is 38.4 Å². The summed E-state index contributed by atoms with van der Waals surface area (Å²) >= 11 is 0. The van der Waals surface area contributed by atoms with Gasteiger partial charge in [0.1, 0.15) is 6.61 Å². The van der Waals surface area contributed by atoms with E-state index in [0.717, 1.165) is 37.2 Å². The maximum atomic E-state index is 13.2. The highest BCUT2D eigenvalue weighted by Gasteiger charge is 2.36. The first kappa shape index (κ1) is 20.8. The van der Waals surface area contributed by atoms with Gasteiger partial charge in [-0.15, -0.1) is 0 Å². The number of aromatic nitrogens is 3. The number of amides is 1. The average Bonchev–Trinajstić information content (AvgIpc) is 3.24. The zero-order valence-electron chi connectivity index (χ0n) is 17.9. The number of carbonyl (C=O) groups excluding carboxylic acids is 1. The highest BCUT2D eigenvalue weighted by Crippen LogP contribution is 2.35. The average molecular weight is 414 g/mol. The molecule has 30 heavy (non-hydrogen) atoms. The molecule has 0 N–H and O–H groups in total. The van der Waals surface area contributed by atoms with Gasteiger partial charge in [0.2, 0.25) is 5.91 Å². The van der Waals surface area contributed by atoms with Crippen molar-refractivity contribution < 1.29 is 9.53 Å². The molecule has 2 aromatic rings. The van der Waals surface area contributed by atoms with E-state index < -0.39 is 0 Å². The van der Waals surface area contributed by atoms with Crippen molar-refractivity contribution in [3.05, 3.63) is 52.2 Å². The summed E-state index contributed by atoms with van der Waals surface area (Å²) in [6, 6.07) is 6.01. The second-order valence-corrected chi connectivity index (χ2v) is 8.59. The molecule has 0 radical (unpaired) electrons. The van der Waals surface area contributed by atoms with Crippen LogP contribution in [-0.4, -0.2) is 70.5 Å². The van der Waals surface area contributed by atoms with E-state index in [1.54, 1.807) is 13.3 Å². The summed E-state index contributed by atoms with van der Waals surface area (Å²) in [5.41, 5.74) is 2.03. The molecule has 8 nitrogen and oxygen atoms in total. The highest BCUT2D eigenvalue weighted by atomic mass is 16.5. The van der Waals surface area contributed by atoms with E-state index in [1.807, 2.05) is 32.5 Å². The SMILES string of the molecule is COCC(=O)N1C[C@@H]2C[C@H](C1)c1ccc(CN(C)CCCn3cccn3)c(=O)n1C2. The number of hydrogen-bond donors (Lipinski definition) is 0. The van der Waals surface area contributed by atoms with Crippen LogP contribution in [0.1, 0.15) is 30.0 Å². The minimum Gasteiger partial charge on any atom is -0.375 e. The van der Waals surface area contributed by atoms with Gasteiger partial charge in [-0.25, -0.2) is 0 Å². The quantitative estimate of drug-likeness (QED) is 0.649. The second kappa shape index (κ2) is 9.14. The number of carbonyl (C=O) groups is 1. The first-order valence-corrected chi connectivity index (χ1v) is 10.7. The van der Waals surface area contributed by atoms with E-state index >= 15 is 0 Å². The maximum Gasteiger partial charge on any atom is 0.255 e. The Hall–Kier alpha value is -2.45. The Kier molecular flexibility index (Phi) is 6.34. The molecule has 4 rings (SSSR count). The molecule has 0 unspecified atom stereocenters. The van der Waals surface area contributed by atoms with Crippen LogP contribution in [0.15, 0.2) is 35.4 Å². The van der Waals surface area contributed by atoms with Crippen molar-refractivity contribution in [2.24, 2.45) is 5.92 Å². The number of ether oxygens (including phenoxy) is 1. The number of rotatable bonds is 8. The molecular weight excluding hydrogens is 382 g/mol. The Morgan fingerprint density at radius 1 is 1.30 bits per heavy atom. The minimum atomic E-state index is 0.0383. The molecule has 2 aliphatic rings. The van der Waals surface area contributed by atoms with Gasteiger partial charge in [0.15, 0.2) is 0 Å². The number of aryl methyl sites for hydroxylation is 1. The molecule has 4 heterocycles. The molecular formula is C22H31N5O3. The molecule has 1 amide bonds. The van der Waals surface area contributed by atoms with Crippen molar-refractivity contribution in [1.82, 2.24) is 24.1 Å². The van der Waals surface area contributed by atoms with Crippen LogP contribution in [0.25, 0.3) is 0 Å². The van der Waals surface area contributed by atoms with Gasteiger partial charge in [-0.2, -0.15) is 5.10 Å². The number of likely N-dealkylation sites (tertiary alicyclic amines) is 1. The lowest BCUT2D eigenvalue weighted by molar-refractivity contribution is -0.137. The predicted octanol–water partition coefficient (Wildman–Crippen LogP) is 1.16. The predicted molar refractivity (Wildman–Crippen MR) is 113 cm³/mol. The second-order valence-electron chi connectivity index (χ2n) is 8.59. The number of methoxy groups -OCH3 is 1. The van der Waals surface area contributed by atoms with E-state index in [-0.39, 0.29) is 24.0 Å². The summed E-state index contributed by atoms with van der Waals surface area (Å²) in [5, 5.41) is 4.23. The summed E-state index contributed by atoms with van der Waals surface area (Å²) in [4.78, 5) is 29.5. The first-order valence-electron chi connectivity index (χ1n) is 10.7. The lowest BCUT2D eigenvalue weighted by Gasteiger charge is -2.43. The molecule has 1 saturated heterocycles. The summed E-state index contributed by atoms with van der Waals surface area (Å²) in [6.45, 7) is 4.63. The normalized spacial score (nSPS) is 20.4. The molecule has 162 valence electrons. The van der Waals surface area contributed by atoms with Crippen molar-refractivity contribution in [3.8, 4) is 0 Å². The van der Waals surface area contributed by atoms with Gasteiger partial charge in [-0.05, 0) is 44.5 Å². The maximum absolute atomic E-state index is 13.2. The van der Waals surface area contributed by atoms with Crippen LogP contribution >= 0.6 is 0 Å². The van der Waals surface area contributed by atoms with Crippen LogP contribution < -0.4 is 5.56 Å². The number of fused-ring (bicyclic) bond motifs is 4. The Labute approximate surface area is 177 Å². The fraction of sp³-hybridized carbons (Fsp3) is 0.591. The van der Waals surface area contributed by atoms with Crippen molar-refractivity contribution in [3.63, 3.8) is 0 Å². The molecule has 1 fully saturated rings. The summed E-state index contributed by atoms with van der Waals surface area (Å²) in [7, 11) is 3.61. The van der Waals surface area contributed by atoms with E-state index in [9.17, 15) is 9.59 Å². The first-order chi connectivity index (χ1) is 14.5. The molecule has 0 aliphatic carbocycles. The molecule has 0 aromatic carbocycles. The number of pyridine rings is 1. The third kappa shape index (κ3) is 4.49. The Morgan fingerprint density at radius 2 is 2.17 bits per heavy atom. The molecule has 8 heteroatoms. The van der Waals surface area contributed by atoms with Crippen LogP contribution in [0.3, 0.4) is 0 Å². The highest BCUT2D eigenvalue weighted by molar-refractivity contribution is 5.77. The summed E-state index contributed by atoms with van der Waals surface area (Å²) < 4.78 is 8.91. The number of piperidine rings is 1. The summed E-state index contributed by atoms with van der Waals surface area (Å²) in [6.07, 6.45) is 5.79. The van der Waals surface area contributed by atoms with Gasteiger partial charge >= 0.3 is 0 Å². The van der Waals surface area contributed by atoms with E-state index in [1.165, 1.54) is 0 Å². The number of nitrogens with zero attached hydrogens (tertiary/aromatic N) is 5. The van der Waals surface area contributed by atoms with E-state index in [0.29, 0.717) is 32.1 Å². The van der Waals surface area contributed by atoms with Gasteiger partial charge in [0.05, 0.1) is 0 Å². The van der Waals surface area contributed by atoms with Crippen molar-refractivity contribution >= 4 is 5.91 Å². The largest absolute Gasteiger partial charge is 0.375 e. The topological polar surface area (TPSA) is 72.6 Å². The Balaban J connectivity index is 1.41. The molecule has 2 bridgehead atoms. The minimum absolute atomic E-state index is 0.0383. The zero-order valence-corrected chi connectivity index (χ0v) is 17.9. The monoisotopic (exact) mass is 413 g/mol. The Bertz CT molecular complexity index is 923. The van der Waals surface area contributed by atoms with Crippen LogP contribution in [0.4, 0.5) is 0 Å². The van der Waals surface area contributed by atoms with Crippen LogP contribution in [0.2, 0.25) is 0 Å². The smallest absolute Gasteiger partial charge is 0.255 e. The standard InChI is InChI=1S/C22H31N5O3/c1-24(8-4-10-26-9-3-7-23-26)14-18-5-6-20-19-11-17(13-27(20)22(18)29)12-25(15-19)21(28)16-30-2/h3,5-7,9,17,19H,4,8,10-16H2,1-2H3/t17-,19+/m0/s1. The zero-order chi connectivity index (χ0) is 21.1. The fourth-order valence-electron chi connectivity index (χ4n) is 4.83. The van der Waals surface area contributed by atoms with Gasteiger partial charge in [-0.1, -0.05) is 6.07 Å². The third-order valence-corrected chi connectivity index (χ3v) is 6.23. The van der Waals surface area contributed by atoms with Gasteiger partial charge in [0, 0.05) is 69.4 Å². The lowest BCUT2D eigenvalue weighted by Crippen LogP contribution is -2.50. The fourth-order valence-corrected chi connectivity index (χ4v) is 4.83. The summed E-state index contributed by atoms with van der Waals surface area (Å²) in [5.74, 6) is 0.597. The molecule has 0 spiro atoms. The Morgan fingerprint density at radius 3 is 2.93 bits per heavy atom. The van der Waals surface area contributed by atoms with Crippen molar-refractivity contribution in [1.29, 1.82) is 0 Å². The van der Waals surface area contributed by atoms with Gasteiger partial charge < -0.3 is 19.1 Å². The van der Waals surface area contributed by atoms with Gasteiger partial charge in [-0.3, -0.25) is 14.3 Å². The van der Waals surface area contributed by atoms with Crippen LogP contribution in [0, 0.1) is 5.92 Å². The van der Waals surface area contributed by atoms with Crippen molar-refractivity contribution in [2.75, 3.05) is 40.4 Å². The van der Waals surface area contributed by atoms with E-state index in [4.69, 9.17) is 4.74 Å². The van der Waals surface area contributed by atoms with Crippen LogP contribution in [-0.2, 0) is 29.2 Å².